The van der Waals surface area contributed by atoms with Crippen molar-refractivity contribution in [3.8, 4) is 0 Å². The van der Waals surface area contributed by atoms with E-state index in [1.807, 2.05) is 0 Å². The van der Waals surface area contributed by atoms with E-state index >= 15 is 0 Å². The first-order chi connectivity index (χ1) is 7.62. The van der Waals surface area contributed by atoms with Gasteiger partial charge in [-0.25, -0.2) is 0 Å². The van der Waals surface area contributed by atoms with Crippen molar-refractivity contribution in [3.63, 3.8) is 0 Å². The molecule has 0 radical (unpaired) electrons. The van der Waals surface area contributed by atoms with E-state index in [0.29, 0.717) is 11.8 Å². The Morgan fingerprint density at radius 1 is 0.882 bits per heavy atom. The van der Waals surface area contributed by atoms with Crippen LogP contribution >= 0.6 is 0 Å². The maximum Gasteiger partial charge on any atom is 0.177 e. The van der Waals surface area contributed by atoms with Gasteiger partial charge in [-0.05, 0) is 50.1 Å². The lowest BCUT2D eigenvalue weighted by Gasteiger charge is -2.37. The first kappa shape index (κ1) is 17.3. The van der Waals surface area contributed by atoms with E-state index in [1.54, 1.807) is 0 Å². The summed E-state index contributed by atoms with van der Waals surface area (Å²) >= 11 is 0. The molecule has 0 aliphatic carbocycles. The molecular weight excluding hydrogens is 248 g/mol. The SMILES string of the molecule is CC(CO)C[Si](C)(CC(C)CO)O[Si](C)(C)C. The van der Waals surface area contributed by atoms with Gasteiger partial charge in [-0.3, -0.25) is 0 Å². The maximum absolute atomic E-state index is 9.22. The van der Waals surface area contributed by atoms with Crippen LogP contribution in [-0.4, -0.2) is 40.1 Å². The molecule has 5 heteroatoms. The Kier molecular flexibility index (Phi) is 7.17. The molecule has 0 amide bonds. The van der Waals surface area contributed by atoms with Crippen molar-refractivity contribution in [3.05, 3.63) is 0 Å². The second-order valence-corrected chi connectivity index (χ2v) is 15.4. The molecule has 0 bridgehead atoms. The third-order valence-electron chi connectivity index (χ3n) is 2.74. The van der Waals surface area contributed by atoms with Gasteiger partial charge in [-0.1, -0.05) is 13.8 Å². The van der Waals surface area contributed by atoms with Gasteiger partial charge in [0.05, 0.1) is 0 Å². The average molecular weight is 279 g/mol. The molecule has 17 heavy (non-hydrogen) atoms. The molecule has 0 saturated carbocycles. The minimum atomic E-state index is -1.81. The van der Waals surface area contributed by atoms with Gasteiger partial charge in [-0.15, -0.1) is 0 Å². The van der Waals surface area contributed by atoms with Crippen molar-refractivity contribution in [1.82, 2.24) is 0 Å². The van der Waals surface area contributed by atoms with Crippen molar-refractivity contribution in [2.75, 3.05) is 13.2 Å². The second-order valence-electron chi connectivity index (χ2n) is 6.65. The van der Waals surface area contributed by atoms with Gasteiger partial charge >= 0.3 is 0 Å². The molecule has 0 aliphatic heterocycles. The molecule has 3 nitrogen and oxygen atoms in total. The molecule has 0 aromatic rings. The lowest BCUT2D eigenvalue weighted by Crippen LogP contribution is -2.47. The van der Waals surface area contributed by atoms with Crippen molar-refractivity contribution in [1.29, 1.82) is 0 Å². The van der Waals surface area contributed by atoms with Crippen LogP contribution in [0.1, 0.15) is 13.8 Å². The molecule has 0 saturated heterocycles. The highest BCUT2D eigenvalue weighted by Crippen LogP contribution is 2.29. The van der Waals surface area contributed by atoms with Gasteiger partial charge < -0.3 is 14.3 Å². The van der Waals surface area contributed by atoms with E-state index < -0.39 is 16.6 Å². The van der Waals surface area contributed by atoms with Gasteiger partial charge in [0.15, 0.2) is 16.6 Å². The minimum absolute atomic E-state index is 0.227. The van der Waals surface area contributed by atoms with Crippen molar-refractivity contribution >= 4 is 16.6 Å². The lowest BCUT2D eigenvalue weighted by molar-refractivity contribution is 0.236. The third-order valence-corrected chi connectivity index (χ3v) is 10.3. The van der Waals surface area contributed by atoms with Crippen LogP contribution in [0.3, 0.4) is 0 Å². The Hall–Kier alpha value is 0.314. The second kappa shape index (κ2) is 7.04. The number of hydrogen-bond acceptors (Lipinski definition) is 3. The van der Waals surface area contributed by atoms with Gasteiger partial charge in [0.25, 0.3) is 0 Å². The Morgan fingerprint density at radius 2 is 1.24 bits per heavy atom. The highest BCUT2D eigenvalue weighted by molar-refractivity contribution is 6.84. The summed E-state index contributed by atoms with van der Waals surface area (Å²) in [7, 11) is -3.36. The normalized spacial score (nSPS) is 19.8. The molecule has 0 rings (SSSR count). The summed E-state index contributed by atoms with van der Waals surface area (Å²) in [4.78, 5) is 0. The van der Waals surface area contributed by atoms with Crippen LogP contribution in [-0.2, 0) is 4.12 Å². The lowest BCUT2D eigenvalue weighted by atomic mass is 10.2. The highest BCUT2D eigenvalue weighted by atomic mass is 28.4. The van der Waals surface area contributed by atoms with E-state index in [9.17, 15) is 10.2 Å². The number of rotatable bonds is 8. The molecule has 0 aromatic heterocycles. The fourth-order valence-corrected chi connectivity index (χ4v) is 12.5. The molecule has 2 N–H and O–H groups in total. The zero-order valence-electron chi connectivity index (χ0n) is 12.3. The smallest absolute Gasteiger partial charge is 0.177 e. The number of aliphatic hydroxyl groups is 2. The summed E-state index contributed by atoms with van der Waals surface area (Å²) < 4.78 is 6.43. The van der Waals surface area contributed by atoms with Gasteiger partial charge in [-0.2, -0.15) is 0 Å². The monoisotopic (exact) mass is 278 g/mol. The highest BCUT2D eigenvalue weighted by Gasteiger charge is 2.36. The van der Waals surface area contributed by atoms with E-state index in [1.165, 1.54) is 0 Å². The summed E-state index contributed by atoms with van der Waals surface area (Å²) in [6, 6.07) is 1.97. The van der Waals surface area contributed by atoms with Crippen LogP contribution < -0.4 is 0 Å². The molecular formula is C12H30O3Si2. The summed E-state index contributed by atoms with van der Waals surface area (Å²) in [5.41, 5.74) is 0. The van der Waals surface area contributed by atoms with E-state index in [0.717, 1.165) is 12.1 Å². The van der Waals surface area contributed by atoms with Gasteiger partial charge in [0.2, 0.25) is 0 Å². The number of hydrogen-bond donors (Lipinski definition) is 2. The standard InChI is InChI=1S/C12H30O3Si2/c1-11(7-13)9-17(6,10-12(2)8-14)15-16(3,4)5/h11-14H,7-10H2,1-6H3. The molecule has 104 valence electrons. The Bertz CT molecular complexity index is 204. The Balaban J connectivity index is 4.67. The van der Waals surface area contributed by atoms with E-state index in [-0.39, 0.29) is 13.2 Å². The van der Waals surface area contributed by atoms with Crippen LogP contribution in [0.5, 0.6) is 0 Å². The first-order valence-electron chi connectivity index (χ1n) is 6.54. The molecule has 0 heterocycles. The minimum Gasteiger partial charge on any atom is -0.455 e. The van der Waals surface area contributed by atoms with Crippen LogP contribution in [0.25, 0.3) is 0 Å². The van der Waals surface area contributed by atoms with Crippen LogP contribution in [0.15, 0.2) is 0 Å². The predicted octanol–water partition coefficient (Wildman–Crippen LogP) is 2.67. The van der Waals surface area contributed by atoms with Crippen molar-refractivity contribution in [2.45, 2.75) is 52.1 Å². The average Bonchev–Trinajstić information content (AvgIpc) is 2.13. The van der Waals surface area contributed by atoms with Crippen molar-refractivity contribution in [2.24, 2.45) is 11.8 Å². The largest absolute Gasteiger partial charge is 0.455 e. The zero-order chi connectivity index (χ0) is 13.7. The first-order valence-corrected chi connectivity index (χ1v) is 12.8. The van der Waals surface area contributed by atoms with Gasteiger partial charge in [0.1, 0.15) is 0 Å². The molecule has 0 aliphatic rings. The van der Waals surface area contributed by atoms with Crippen LogP contribution in [0, 0.1) is 11.8 Å². The van der Waals surface area contributed by atoms with E-state index in [4.69, 9.17) is 4.12 Å². The molecule has 2 atom stereocenters. The summed E-state index contributed by atoms with van der Waals surface area (Å²) in [5, 5.41) is 18.4. The Labute approximate surface area is 108 Å². The topological polar surface area (TPSA) is 49.7 Å². The van der Waals surface area contributed by atoms with Crippen molar-refractivity contribution < 1.29 is 14.3 Å². The summed E-state index contributed by atoms with van der Waals surface area (Å²) in [6.07, 6.45) is 0. The summed E-state index contributed by atoms with van der Waals surface area (Å²) in [5.74, 6) is 0.600. The Morgan fingerprint density at radius 3 is 1.47 bits per heavy atom. The fraction of sp³-hybridized carbons (Fsp3) is 1.00. The molecule has 2 unspecified atom stereocenters. The van der Waals surface area contributed by atoms with E-state index in [2.05, 4.69) is 40.0 Å². The quantitative estimate of drug-likeness (QED) is 0.671. The predicted molar refractivity (Wildman–Crippen MR) is 78.2 cm³/mol. The van der Waals surface area contributed by atoms with Crippen LogP contribution in [0.2, 0.25) is 38.3 Å². The fourth-order valence-electron chi connectivity index (χ4n) is 2.51. The maximum atomic E-state index is 9.22. The zero-order valence-corrected chi connectivity index (χ0v) is 14.3. The molecule has 0 fully saturated rings. The third kappa shape index (κ3) is 8.10. The molecule has 0 aromatic carbocycles. The summed E-state index contributed by atoms with van der Waals surface area (Å²) in [6.45, 7) is 13.5. The van der Waals surface area contributed by atoms with Gasteiger partial charge in [0, 0.05) is 13.2 Å². The number of aliphatic hydroxyl groups excluding tert-OH is 2. The molecule has 0 spiro atoms. The van der Waals surface area contributed by atoms with Crippen LogP contribution in [0.4, 0.5) is 0 Å².